The highest BCUT2D eigenvalue weighted by Gasteiger charge is 2.04. The molecule has 0 aliphatic rings. The molecule has 3 nitrogen and oxygen atoms in total. The van der Waals surface area contributed by atoms with E-state index in [0.717, 1.165) is 28.1 Å². The van der Waals surface area contributed by atoms with Crippen LogP contribution >= 0.6 is 11.6 Å². The lowest BCUT2D eigenvalue weighted by atomic mass is 10.0. The number of ether oxygens (including phenoxy) is 1. The molecule has 0 heterocycles. The largest absolute Gasteiger partial charge is 0.489 e. The van der Waals surface area contributed by atoms with Gasteiger partial charge in [-0.3, -0.25) is 0 Å². The average Bonchev–Trinajstić information content (AvgIpc) is 2.71. The van der Waals surface area contributed by atoms with Crippen LogP contribution in [0, 0.1) is 0 Å². The fourth-order valence-corrected chi connectivity index (χ4v) is 2.71. The van der Waals surface area contributed by atoms with Crippen LogP contribution in [0.5, 0.6) is 5.75 Å². The number of aliphatic hydroxyl groups is 1. The Labute approximate surface area is 159 Å². The van der Waals surface area contributed by atoms with E-state index in [2.05, 4.69) is 23.5 Å². The maximum Gasteiger partial charge on any atom is 0.120 e. The van der Waals surface area contributed by atoms with Crippen LogP contribution in [-0.4, -0.2) is 23.6 Å². The van der Waals surface area contributed by atoms with Gasteiger partial charge in [0.15, 0.2) is 0 Å². The van der Waals surface area contributed by atoms with Crippen LogP contribution < -0.4 is 10.1 Å². The number of benzene rings is 3. The molecule has 134 valence electrons. The summed E-state index contributed by atoms with van der Waals surface area (Å²) >= 11 is 5.63. The van der Waals surface area contributed by atoms with Crippen molar-refractivity contribution in [3.63, 3.8) is 0 Å². The number of rotatable bonds is 8. The Hall–Kier alpha value is -2.49. The van der Waals surface area contributed by atoms with Gasteiger partial charge in [0.2, 0.25) is 0 Å². The van der Waals surface area contributed by atoms with Crippen LogP contribution in [0.4, 0.5) is 5.69 Å². The molecule has 0 spiro atoms. The smallest absolute Gasteiger partial charge is 0.120 e. The van der Waals surface area contributed by atoms with Gasteiger partial charge in [0.25, 0.3) is 0 Å². The number of anilines is 1. The molecule has 1 atom stereocenters. The van der Waals surface area contributed by atoms with Gasteiger partial charge >= 0.3 is 0 Å². The van der Waals surface area contributed by atoms with E-state index < -0.39 is 6.10 Å². The molecule has 0 bridgehead atoms. The minimum Gasteiger partial charge on any atom is -0.489 e. The molecule has 4 heteroatoms. The molecule has 3 aromatic carbocycles. The van der Waals surface area contributed by atoms with Crippen molar-refractivity contribution in [1.29, 1.82) is 0 Å². The van der Waals surface area contributed by atoms with Gasteiger partial charge < -0.3 is 15.2 Å². The standard InChI is InChI=1S/C22H22ClNO2/c23-14-21(25)15-24-20-10-4-8-18(12-20)19-9-5-11-22(13-19)26-16-17-6-2-1-3-7-17/h1-13,21,24-25H,14-16H2. The van der Waals surface area contributed by atoms with Crippen molar-refractivity contribution in [1.82, 2.24) is 0 Å². The first-order chi connectivity index (χ1) is 12.7. The molecular formula is C22H22ClNO2. The Morgan fingerprint density at radius 2 is 1.62 bits per heavy atom. The summed E-state index contributed by atoms with van der Waals surface area (Å²) in [5.41, 5.74) is 4.25. The lowest BCUT2D eigenvalue weighted by molar-refractivity contribution is 0.211. The molecule has 0 amide bonds. The van der Waals surface area contributed by atoms with Gasteiger partial charge in [-0.05, 0) is 41.0 Å². The second-order valence-electron chi connectivity index (χ2n) is 6.07. The van der Waals surface area contributed by atoms with Crippen molar-refractivity contribution in [2.24, 2.45) is 0 Å². The summed E-state index contributed by atoms with van der Waals surface area (Å²) in [6.07, 6.45) is -0.560. The Morgan fingerprint density at radius 3 is 2.38 bits per heavy atom. The van der Waals surface area contributed by atoms with Crippen LogP contribution in [-0.2, 0) is 6.61 Å². The van der Waals surface area contributed by atoms with Crippen LogP contribution in [0.15, 0.2) is 78.9 Å². The highest BCUT2D eigenvalue weighted by atomic mass is 35.5. The summed E-state index contributed by atoms with van der Waals surface area (Å²) in [5.74, 6) is 1.05. The maximum absolute atomic E-state index is 9.58. The van der Waals surface area contributed by atoms with Crippen LogP contribution in [0.2, 0.25) is 0 Å². The Bertz CT molecular complexity index is 823. The minimum absolute atomic E-state index is 0.216. The third-order valence-electron chi connectivity index (χ3n) is 4.00. The molecule has 0 radical (unpaired) electrons. The molecule has 3 rings (SSSR count). The number of hydrogen-bond acceptors (Lipinski definition) is 3. The molecular weight excluding hydrogens is 346 g/mol. The summed E-state index contributed by atoms with van der Waals surface area (Å²) in [4.78, 5) is 0. The maximum atomic E-state index is 9.58. The molecule has 1 unspecified atom stereocenters. The fraction of sp³-hybridized carbons (Fsp3) is 0.182. The predicted molar refractivity (Wildman–Crippen MR) is 108 cm³/mol. The zero-order valence-corrected chi connectivity index (χ0v) is 15.2. The second kappa shape index (κ2) is 9.27. The molecule has 0 aromatic heterocycles. The highest BCUT2D eigenvalue weighted by molar-refractivity contribution is 6.18. The van der Waals surface area contributed by atoms with Crippen molar-refractivity contribution in [3.05, 3.63) is 84.4 Å². The van der Waals surface area contributed by atoms with Crippen molar-refractivity contribution in [2.45, 2.75) is 12.7 Å². The lowest BCUT2D eigenvalue weighted by Gasteiger charge is -2.12. The number of hydrogen-bond donors (Lipinski definition) is 2. The van der Waals surface area contributed by atoms with Crippen LogP contribution in [0.25, 0.3) is 11.1 Å². The van der Waals surface area contributed by atoms with Gasteiger partial charge in [-0.1, -0.05) is 54.6 Å². The minimum atomic E-state index is -0.560. The lowest BCUT2D eigenvalue weighted by Crippen LogP contribution is -2.20. The summed E-state index contributed by atoms with van der Waals surface area (Å²) in [6, 6.07) is 26.2. The summed E-state index contributed by atoms with van der Waals surface area (Å²) in [7, 11) is 0. The number of nitrogens with one attached hydrogen (secondary N) is 1. The molecule has 0 saturated heterocycles. The van der Waals surface area contributed by atoms with Crippen molar-refractivity contribution in [3.8, 4) is 16.9 Å². The van der Waals surface area contributed by atoms with E-state index in [1.807, 2.05) is 60.7 Å². The first-order valence-electron chi connectivity index (χ1n) is 8.60. The van der Waals surface area contributed by atoms with E-state index in [9.17, 15) is 5.11 Å². The van der Waals surface area contributed by atoms with E-state index in [-0.39, 0.29) is 5.88 Å². The molecule has 2 N–H and O–H groups in total. The van der Waals surface area contributed by atoms with Crippen molar-refractivity contribution >= 4 is 17.3 Å². The topological polar surface area (TPSA) is 41.5 Å². The van der Waals surface area contributed by atoms with Gasteiger partial charge in [-0.2, -0.15) is 0 Å². The third-order valence-corrected chi connectivity index (χ3v) is 4.35. The molecule has 0 aliphatic carbocycles. The first-order valence-corrected chi connectivity index (χ1v) is 9.13. The molecule has 0 fully saturated rings. The predicted octanol–water partition coefficient (Wildman–Crippen LogP) is 4.94. The Kier molecular flexibility index (Phi) is 6.53. The number of aliphatic hydroxyl groups excluding tert-OH is 1. The van der Waals surface area contributed by atoms with Crippen molar-refractivity contribution in [2.75, 3.05) is 17.7 Å². The first kappa shape index (κ1) is 18.3. The Morgan fingerprint density at radius 1 is 0.885 bits per heavy atom. The number of halogens is 1. The Balaban J connectivity index is 1.69. The molecule has 3 aromatic rings. The van der Waals surface area contributed by atoms with E-state index in [1.54, 1.807) is 0 Å². The summed E-state index contributed by atoms with van der Waals surface area (Å²) in [5, 5.41) is 12.8. The zero-order chi connectivity index (χ0) is 18.2. The molecule has 26 heavy (non-hydrogen) atoms. The van der Waals surface area contributed by atoms with Gasteiger partial charge in [0.05, 0.1) is 12.0 Å². The monoisotopic (exact) mass is 367 g/mol. The van der Waals surface area contributed by atoms with E-state index in [1.165, 1.54) is 0 Å². The second-order valence-corrected chi connectivity index (χ2v) is 6.38. The molecule has 0 saturated carbocycles. The normalized spacial score (nSPS) is 11.8. The van der Waals surface area contributed by atoms with E-state index in [0.29, 0.717) is 13.2 Å². The van der Waals surface area contributed by atoms with Crippen LogP contribution in [0.1, 0.15) is 5.56 Å². The average molecular weight is 368 g/mol. The zero-order valence-electron chi connectivity index (χ0n) is 14.4. The number of alkyl halides is 1. The van der Waals surface area contributed by atoms with Gasteiger partial charge in [0.1, 0.15) is 12.4 Å². The van der Waals surface area contributed by atoms with Gasteiger partial charge in [-0.15, -0.1) is 11.6 Å². The summed E-state index contributed by atoms with van der Waals surface area (Å²) in [6.45, 7) is 0.968. The van der Waals surface area contributed by atoms with Gasteiger partial charge in [-0.25, -0.2) is 0 Å². The fourth-order valence-electron chi connectivity index (χ4n) is 2.61. The van der Waals surface area contributed by atoms with E-state index in [4.69, 9.17) is 16.3 Å². The quantitative estimate of drug-likeness (QED) is 0.554. The van der Waals surface area contributed by atoms with Crippen molar-refractivity contribution < 1.29 is 9.84 Å². The van der Waals surface area contributed by atoms with Crippen LogP contribution in [0.3, 0.4) is 0 Å². The van der Waals surface area contributed by atoms with Gasteiger partial charge in [0, 0.05) is 12.2 Å². The highest BCUT2D eigenvalue weighted by Crippen LogP contribution is 2.26. The van der Waals surface area contributed by atoms with E-state index >= 15 is 0 Å². The third kappa shape index (κ3) is 5.25. The SMILES string of the molecule is OC(CCl)CNc1cccc(-c2cccc(OCc3ccccc3)c2)c1. The molecule has 0 aliphatic heterocycles. The summed E-state index contributed by atoms with van der Waals surface area (Å²) < 4.78 is 5.91.